The van der Waals surface area contributed by atoms with Crippen LogP contribution in [0.2, 0.25) is 0 Å². The van der Waals surface area contributed by atoms with Crippen LogP contribution in [0.1, 0.15) is 17.2 Å². The van der Waals surface area contributed by atoms with Gasteiger partial charge in [-0.1, -0.05) is 18.2 Å². The van der Waals surface area contributed by atoms with Crippen LogP contribution in [0.25, 0.3) is 0 Å². The predicted molar refractivity (Wildman–Crippen MR) is 102 cm³/mol. The van der Waals surface area contributed by atoms with Gasteiger partial charge in [0.2, 0.25) is 6.29 Å². The summed E-state index contributed by atoms with van der Waals surface area (Å²) in [4.78, 5) is 0. The number of aromatic hydroxyl groups is 1. The molecule has 7 atom stereocenters. The molecule has 0 radical (unpaired) electrons. The highest BCUT2D eigenvalue weighted by Crippen LogP contribution is 2.38. The fourth-order valence-corrected chi connectivity index (χ4v) is 3.69. The van der Waals surface area contributed by atoms with E-state index >= 15 is 0 Å². The van der Waals surface area contributed by atoms with E-state index in [1.807, 2.05) is 0 Å². The van der Waals surface area contributed by atoms with Crippen LogP contribution >= 0.6 is 0 Å². The predicted octanol–water partition coefficient (Wildman–Crippen LogP) is -0.392. The Kier molecular flexibility index (Phi) is 5.83. The van der Waals surface area contributed by atoms with Gasteiger partial charge in [-0.3, -0.25) is 0 Å². The highest BCUT2D eigenvalue weighted by Gasteiger charge is 2.44. The summed E-state index contributed by atoms with van der Waals surface area (Å²) >= 11 is 0. The second-order valence-electron chi connectivity index (χ2n) is 7.49. The zero-order valence-corrected chi connectivity index (χ0v) is 15.9. The normalized spacial score (nSPS) is 33.4. The molecule has 1 saturated heterocycles. The van der Waals surface area contributed by atoms with Gasteiger partial charge in [0.05, 0.1) is 12.7 Å². The molecule has 7 unspecified atom stereocenters. The van der Waals surface area contributed by atoms with Crippen LogP contribution in [0, 0.1) is 0 Å². The molecule has 1 fully saturated rings. The van der Waals surface area contributed by atoms with E-state index in [-0.39, 0.29) is 11.5 Å². The van der Waals surface area contributed by atoms with E-state index in [2.05, 4.69) is 0 Å². The number of ether oxygens (including phenoxy) is 3. The average Bonchev–Trinajstić information content (AvgIpc) is 2.74. The number of hydrogen-bond donors (Lipinski definition) is 6. The first-order valence-electron chi connectivity index (χ1n) is 9.61. The summed E-state index contributed by atoms with van der Waals surface area (Å²) < 4.78 is 17.0. The third kappa shape index (κ3) is 3.95. The Morgan fingerprint density at radius 1 is 0.933 bits per heavy atom. The Hall–Kier alpha value is -2.40. The smallest absolute Gasteiger partial charge is 0.229 e. The van der Waals surface area contributed by atoms with Crippen molar-refractivity contribution >= 4 is 0 Å². The second kappa shape index (κ2) is 8.38. The minimum Gasteiger partial charge on any atom is -0.508 e. The van der Waals surface area contributed by atoms with Crippen molar-refractivity contribution in [1.82, 2.24) is 0 Å². The molecule has 0 aliphatic carbocycles. The van der Waals surface area contributed by atoms with Crippen molar-refractivity contribution < 1.29 is 44.8 Å². The fourth-order valence-electron chi connectivity index (χ4n) is 3.69. The van der Waals surface area contributed by atoms with Crippen molar-refractivity contribution in [3.63, 3.8) is 0 Å². The highest BCUT2D eigenvalue weighted by atomic mass is 16.7. The summed E-state index contributed by atoms with van der Waals surface area (Å²) in [5.74, 6) is 0.860. The summed E-state index contributed by atoms with van der Waals surface area (Å²) in [6.45, 7) is -0.551. The molecule has 9 heteroatoms. The largest absolute Gasteiger partial charge is 0.508 e. The standard InChI is InChI=1S/C21H24O9/c22-9-16-17(25)18(26)19(27)21(30-16)28-13-6-3-11-7-14(24)20(29-15(11)8-13)10-1-4-12(23)5-2-10/h1-6,8,14,16-27H,7,9H2. The molecule has 4 rings (SSSR count). The van der Waals surface area contributed by atoms with Gasteiger partial charge in [-0.05, 0) is 29.3 Å². The Balaban J connectivity index is 1.53. The lowest BCUT2D eigenvalue weighted by Gasteiger charge is -2.39. The van der Waals surface area contributed by atoms with Crippen molar-refractivity contribution in [2.24, 2.45) is 0 Å². The maximum Gasteiger partial charge on any atom is 0.229 e. The molecule has 0 aromatic heterocycles. The minimum absolute atomic E-state index is 0.111. The lowest BCUT2D eigenvalue weighted by Crippen LogP contribution is -2.60. The number of phenols is 1. The number of hydrogen-bond acceptors (Lipinski definition) is 9. The summed E-state index contributed by atoms with van der Waals surface area (Å²) in [5.41, 5.74) is 1.46. The monoisotopic (exact) mass is 420 g/mol. The van der Waals surface area contributed by atoms with Crippen LogP contribution in [0.5, 0.6) is 17.2 Å². The Morgan fingerprint density at radius 2 is 1.67 bits per heavy atom. The molecule has 162 valence electrons. The van der Waals surface area contributed by atoms with E-state index < -0.39 is 49.5 Å². The number of rotatable bonds is 4. The minimum atomic E-state index is -1.54. The van der Waals surface area contributed by atoms with Gasteiger partial charge in [-0.2, -0.15) is 0 Å². The van der Waals surface area contributed by atoms with Crippen LogP contribution < -0.4 is 9.47 Å². The Bertz CT molecular complexity index is 869. The van der Waals surface area contributed by atoms with Gasteiger partial charge in [0.15, 0.2) is 0 Å². The summed E-state index contributed by atoms with van der Waals surface area (Å²) in [6, 6.07) is 11.3. The third-order valence-electron chi connectivity index (χ3n) is 5.39. The number of aliphatic hydroxyl groups is 5. The van der Waals surface area contributed by atoms with Gasteiger partial charge in [0, 0.05) is 12.5 Å². The first kappa shape index (κ1) is 20.9. The molecule has 0 amide bonds. The van der Waals surface area contributed by atoms with Crippen molar-refractivity contribution in [2.45, 2.75) is 49.3 Å². The van der Waals surface area contributed by atoms with Crippen LogP contribution in [0.3, 0.4) is 0 Å². The van der Waals surface area contributed by atoms with E-state index in [1.54, 1.807) is 30.3 Å². The highest BCUT2D eigenvalue weighted by molar-refractivity contribution is 5.44. The zero-order valence-electron chi connectivity index (χ0n) is 15.9. The summed E-state index contributed by atoms with van der Waals surface area (Å²) in [7, 11) is 0. The van der Waals surface area contributed by atoms with Gasteiger partial charge in [0.1, 0.15) is 47.8 Å². The molecule has 2 heterocycles. The summed E-state index contributed by atoms with van der Waals surface area (Å²) in [5, 5.41) is 59.1. The van der Waals surface area contributed by atoms with Gasteiger partial charge in [-0.15, -0.1) is 0 Å². The molecular weight excluding hydrogens is 396 g/mol. The van der Waals surface area contributed by atoms with Crippen molar-refractivity contribution in [3.05, 3.63) is 53.6 Å². The zero-order chi connectivity index (χ0) is 21.4. The van der Waals surface area contributed by atoms with Crippen molar-refractivity contribution in [2.75, 3.05) is 6.61 Å². The maximum atomic E-state index is 10.5. The van der Waals surface area contributed by atoms with Gasteiger partial charge < -0.3 is 44.8 Å². The van der Waals surface area contributed by atoms with Crippen molar-refractivity contribution in [1.29, 1.82) is 0 Å². The van der Waals surface area contributed by atoms with Crippen LogP contribution in [0.15, 0.2) is 42.5 Å². The molecule has 0 bridgehead atoms. The van der Waals surface area contributed by atoms with Crippen LogP contribution in [0.4, 0.5) is 0 Å². The van der Waals surface area contributed by atoms with Gasteiger partial charge in [0.25, 0.3) is 0 Å². The molecule has 6 N–H and O–H groups in total. The molecule has 9 nitrogen and oxygen atoms in total. The number of phenolic OH excluding ortho intramolecular Hbond substituents is 1. The van der Waals surface area contributed by atoms with E-state index in [0.29, 0.717) is 17.7 Å². The van der Waals surface area contributed by atoms with Gasteiger partial charge >= 0.3 is 0 Å². The van der Waals surface area contributed by atoms with E-state index in [4.69, 9.17) is 14.2 Å². The quantitative estimate of drug-likeness (QED) is 0.389. The summed E-state index contributed by atoms with van der Waals surface area (Å²) in [6.07, 6.45) is -7.97. The molecule has 2 aromatic rings. The molecule has 0 spiro atoms. The lowest BCUT2D eigenvalue weighted by atomic mass is 9.94. The van der Waals surface area contributed by atoms with Crippen LogP contribution in [-0.4, -0.2) is 74.1 Å². The number of fused-ring (bicyclic) bond motifs is 1. The molecule has 2 aliphatic heterocycles. The first-order valence-corrected chi connectivity index (χ1v) is 9.61. The first-order chi connectivity index (χ1) is 14.4. The maximum absolute atomic E-state index is 10.5. The lowest BCUT2D eigenvalue weighted by molar-refractivity contribution is -0.277. The Morgan fingerprint density at radius 3 is 2.37 bits per heavy atom. The van der Waals surface area contributed by atoms with E-state index in [9.17, 15) is 30.6 Å². The molecular formula is C21H24O9. The van der Waals surface area contributed by atoms with Crippen molar-refractivity contribution in [3.8, 4) is 17.2 Å². The fraction of sp³-hybridized carbons (Fsp3) is 0.429. The molecule has 30 heavy (non-hydrogen) atoms. The number of benzene rings is 2. The topological polar surface area (TPSA) is 149 Å². The van der Waals surface area contributed by atoms with Crippen LogP contribution in [-0.2, 0) is 11.2 Å². The SMILES string of the molecule is OCC1OC(Oc2ccc3c(c2)OC(c2ccc(O)cc2)C(O)C3)C(O)C(O)C1O. The second-order valence-corrected chi connectivity index (χ2v) is 7.49. The van der Waals surface area contributed by atoms with E-state index in [1.165, 1.54) is 12.1 Å². The number of aliphatic hydroxyl groups excluding tert-OH is 5. The molecule has 2 aliphatic rings. The molecule has 2 aromatic carbocycles. The third-order valence-corrected chi connectivity index (χ3v) is 5.39. The van der Waals surface area contributed by atoms with Gasteiger partial charge in [-0.25, -0.2) is 0 Å². The molecule has 0 saturated carbocycles. The average molecular weight is 420 g/mol. The van der Waals surface area contributed by atoms with E-state index in [0.717, 1.165) is 5.56 Å². The Labute approximate surface area is 172 Å².